The van der Waals surface area contributed by atoms with Gasteiger partial charge >= 0.3 is 0 Å². The number of hydrogen-bond donors (Lipinski definition) is 1. The molecule has 0 spiro atoms. The van der Waals surface area contributed by atoms with Crippen LogP contribution in [0.5, 0.6) is 0 Å². The summed E-state index contributed by atoms with van der Waals surface area (Å²) in [5.74, 6) is -0.578. The Morgan fingerprint density at radius 3 is 2.56 bits per heavy atom. The van der Waals surface area contributed by atoms with Gasteiger partial charge in [0.2, 0.25) is 0 Å². The molecule has 0 heterocycles. The van der Waals surface area contributed by atoms with E-state index in [2.05, 4.69) is 6.92 Å². The standard InChI is InChI=1S/C15H21F2N/c1-2-11-6-3-4-9-15(11,18)10-12-13(16)7-5-8-14(12)17/h5,7-8,11H,2-4,6,9-10,18H2,1H3. The number of halogens is 2. The summed E-state index contributed by atoms with van der Waals surface area (Å²) in [5.41, 5.74) is 6.16. The van der Waals surface area contributed by atoms with Crippen molar-refractivity contribution in [1.82, 2.24) is 0 Å². The second kappa shape index (κ2) is 5.35. The molecular weight excluding hydrogens is 232 g/mol. The van der Waals surface area contributed by atoms with E-state index in [0.717, 1.165) is 25.7 Å². The fourth-order valence-electron chi connectivity index (χ4n) is 3.21. The molecule has 18 heavy (non-hydrogen) atoms. The molecule has 100 valence electrons. The number of rotatable bonds is 3. The molecule has 2 unspecified atom stereocenters. The number of benzene rings is 1. The molecule has 0 amide bonds. The van der Waals surface area contributed by atoms with E-state index in [1.807, 2.05) is 0 Å². The summed E-state index contributed by atoms with van der Waals surface area (Å²) in [6.07, 6.45) is 5.46. The smallest absolute Gasteiger partial charge is 0.129 e. The van der Waals surface area contributed by atoms with Gasteiger partial charge in [0, 0.05) is 11.1 Å². The van der Waals surface area contributed by atoms with E-state index in [-0.39, 0.29) is 5.56 Å². The summed E-state index contributed by atoms with van der Waals surface area (Å²) in [6, 6.07) is 4.02. The van der Waals surface area contributed by atoms with Crippen molar-refractivity contribution < 1.29 is 8.78 Å². The molecule has 1 nitrogen and oxygen atoms in total. The van der Waals surface area contributed by atoms with Gasteiger partial charge in [-0.15, -0.1) is 0 Å². The molecule has 1 aromatic rings. The highest BCUT2D eigenvalue weighted by Gasteiger charge is 2.37. The molecule has 0 aromatic heterocycles. The van der Waals surface area contributed by atoms with Gasteiger partial charge in [0.1, 0.15) is 11.6 Å². The third-order valence-electron chi connectivity index (χ3n) is 4.32. The van der Waals surface area contributed by atoms with Crippen LogP contribution in [0.25, 0.3) is 0 Å². The molecule has 0 aliphatic heterocycles. The van der Waals surface area contributed by atoms with Crippen LogP contribution >= 0.6 is 0 Å². The summed E-state index contributed by atoms with van der Waals surface area (Å²) in [7, 11) is 0. The van der Waals surface area contributed by atoms with Crippen molar-refractivity contribution >= 4 is 0 Å². The van der Waals surface area contributed by atoms with E-state index in [0.29, 0.717) is 12.3 Å². The zero-order valence-electron chi connectivity index (χ0n) is 10.9. The summed E-state index contributed by atoms with van der Waals surface area (Å²) < 4.78 is 27.4. The molecule has 1 fully saturated rings. The van der Waals surface area contributed by atoms with Gasteiger partial charge in [-0.3, -0.25) is 0 Å². The first-order valence-corrected chi connectivity index (χ1v) is 6.78. The number of nitrogens with two attached hydrogens (primary N) is 1. The van der Waals surface area contributed by atoms with Crippen LogP contribution in [0.4, 0.5) is 8.78 Å². The zero-order chi connectivity index (χ0) is 13.2. The summed E-state index contributed by atoms with van der Waals surface area (Å²) >= 11 is 0. The second-order valence-corrected chi connectivity index (χ2v) is 5.46. The van der Waals surface area contributed by atoms with Gasteiger partial charge in [0.05, 0.1) is 0 Å². The SMILES string of the molecule is CCC1CCCCC1(N)Cc1c(F)cccc1F. The third-order valence-corrected chi connectivity index (χ3v) is 4.32. The summed E-state index contributed by atoms with van der Waals surface area (Å²) in [6.45, 7) is 2.11. The first-order valence-electron chi connectivity index (χ1n) is 6.78. The van der Waals surface area contributed by atoms with E-state index in [4.69, 9.17) is 5.73 Å². The van der Waals surface area contributed by atoms with Gasteiger partial charge in [-0.1, -0.05) is 32.3 Å². The van der Waals surface area contributed by atoms with Crippen LogP contribution in [0, 0.1) is 17.6 Å². The molecule has 2 rings (SSSR count). The van der Waals surface area contributed by atoms with E-state index in [1.54, 1.807) is 0 Å². The van der Waals surface area contributed by atoms with Gasteiger partial charge in [0.15, 0.2) is 0 Å². The second-order valence-electron chi connectivity index (χ2n) is 5.46. The minimum atomic E-state index is -0.472. The highest BCUT2D eigenvalue weighted by molar-refractivity contribution is 5.23. The van der Waals surface area contributed by atoms with Crippen molar-refractivity contribution in [2.24, 2.45) is 11.7 Å². The Morgan fingerprint density at radius 1 is 1.28 bits per heavy atom. The Hall–Kier alpha value is -0.960. The van der Waals surface area contributed by atoms with Gasteiger partial charge in [-0.2, -0.15) is 0 Å². The maximum Gasteiger partial charge on any atom is 0.129 e. The van der Waals surface area contributed by atoms with Crippen molar-refractivity contribution in [3.05, 3.63) is 35.4 Å². The Labute approximate surface area is 107 Å². The fraction of sp³-hybridized carbons (Fsp3) is 0.600. The predicted molar refractivity (Wildman–Crippen MR) is 69.2 cm³/mol. The maximum atomic E-state index is 13.7. The largest absolute Gasteiger partial charge is 0.325 e. The molecule has 1 aliphatic carbocycles. The molecule has 0 bridgehead atoms. The van der Waals surface area contributed by atoms with Crippen LogP contribution in [0.1, 0.15) is 44.6 Å². The highest BCUT2D eigenvalue weighted by atomic mass is 19.1. The Bertz CT molecular complexity index is 399. The van der Waals surface area contributed by atoms with Gasteiger partial charge in [-0.25, -0.2) is 8.78 Å². The summed E-state index contributed by atoms with van der Waals surface area (Å²) in [4.78, 5) is 0. The van der Waals surface area contributed by atoms with Crippen LogP contribution in [0.3, 0.4) is 0 Å². The third kappa shape index (κ3) is 2.56. The van der Waals surface area contributed by atoms with Crippen LogP contribution in [-0.4, -0.2) is 5.54 Å². The normalized spacial score (nSPS) is 28.3. The monoisotopic (exact) mass is 253 g/mol. The average Bonchev–Trinajstić information content (AvgIpc) is 2.35. The van der Waals surface area contributed by atoms with Crippen molar-refractivity contribution in [3.8, 4) is 0 Å². The Morgan fingerprint density at radius 2 is 1.94 bits per heavy atom. The van der Waals surface area contributed by atoms with E-state index < -0.39 is 17.2 Å². The van der Waals surface area contributed by atoms with Crippen LogP contribution in [0.2, 0.25) is 0 Å². The Balaban J connectivity index is 2.25. The topological polar surface area (TPSA) is 26.0 Å². The lowest BCUT2D eigenvalue weighted by molar-refractivity contribution is 0.179. The fourth-order valence-corrected chi connectivity index (χ4v) is 3.21. The highest BCUT2D eigenvalue weighted by Crippen LogP contribution is 2.37. The molecule has 2 N–H and O–H groups in total. The van der Waals surface area contributed by atoms with E-state index in [1.165, 1.54) is 24.6 Å². The van der Waals surface area contributed by atoms with Crippen molar-refractivity contribution in [2.45, 2.75) is 51.0 Å². The van der Waals surface area contributed by atoms with Crippen LogP contribution in [0.15, 0.2) is 18.2 Å². The first-order chi connectivity index (χ1) is 8.57. The number of hydrogen-bond acceptors (Lipinski definition) is 1. The molecule has 1 aliphatic rings. The molecule has 2 atom stereocenters. The minimum Gasteiger partial charge on any atom is -0.325 e. The van der Waals surface area contributed by atoms with Crippen molar-refractivity contribution in [3.63, 3.8) is 0 Å². The molecular formula is C15H21F2N. The quantitative estimate of drug-likeness (QED) is 0.871. The Kier molecular flexibility index (Phi) is 4.00. The van der Waals surface area contributed by atoms with Gasteiger partial charge < -0.3 is 5.73 Å². The van der Waals surface area contributed by atoms with E-state index in [9.17, 15) is 8.78 Å². The van der Waals surface area contributed by atoms with Crippen molar-refractivity contribution in [2.75, 3.05) is 0 Å². The lowest BCUT2D eigenvalue weighted by atomic mass is 9.69. The molecule has 0 radical (unpaired) electrons. The predicted octanol–water partition coefficient (Wildman–Crippen LogP) is 3.81. The van der Waals surface area contributed by atoms with Crippen LogP contribution < -0.4 is 5.73 Å². The molecule has 1 saturated carbocycles. The van der Waals surface area contributed by atoms with Gasteiger partial charge in [0.25, 0.3) is 0 Å². The first kappa shape index (κ1) is 13.5. The van der Waals surface area contributed by atoms with Crippen LogP contribution in [-0.2, 0) is 6.42 Å². The lowest BCUT2D eigenvalue weighted by Gasteiger charge is -2.41. The van der Waals surface area contributed by atoms with E-state index >= 15 is 0 Å². The van der Waals surface area contributed by atoms with Crippen molar-refractivity contribution in [1.29, 1.82) is 0 Å². The molecule has 1 aromatic carbocycles. The minimum absolute atomic E-state index is 0.153. The lowest BCUT2D eigenvalue weighted by Crippen LogP contribution is -2.51. The average molecular weight is 253 g/mol. The molecule has 0 saturated heterocycles. The van der Waals surface area contributed by atoms with Gasteiger partial charge in [-0.05, 0) is 37.3 Å². The maximum absolute atomic E-state index is 13.7. The summed E-state index contributed by atoms with van der Waals surface area (Å²) in [5, 5.41) is 0. The molecule has 3 heteroatoms. The zero-order valence-corrected chi connectivity index (χ0v) is 10.9.